The minimum absolute atomic E-state index is 0. The number of aromatic nitrogens is 1. The Morgan fingerprint density at radius 2 is 1.71 bits per heavy atom. The van der Waals surface area contributed by atoms with E-state index in [4.69, 9.17) is 0 Å². The summed E-state index contributed by atoms with van der Waals surface area (Å²) in [5, 5.41) is 6.81. The Morgan fingerprint density at radius 3 is 2.32 bits per heavy atom. The summed E-state index contributed by atoms with van der Waals surface area (Å²) in [7, 11) is 1.80. The van der Waals surface area contributed by atoms with Crippen molar-refractivity contribution >= 4 is 29.9 Å². The highest BCUT2D eigenvalue weighted by Crippen LogP contribution is 2.07. The number of halogens is 1. The largest absolute Gasteiger partial charge is 0.354 e. The maximum absolute atomic E-state index is 11.8. The van der Waals surface area contributed by atoms with Gasteiger partial charge in [0.05, 0.1) is 6.54 Å². The van der Waals surface area contributed by atoms with Gasteiger partial charge in [0.1, 0.15) is 0 Å². The van der Waals surface area contributed by atoms with E-state index < -0.39 is 0 Å². The van der Waals surface area contributed by atoms with Crippen LogP contribution in [0.1, 0.15) is 44.7 Å². The summed E-state index contributed by atoms with van der Waals surface area (Å²) in [4.78, 5) is 16.1. The van der Waals surface area contributed by atoms with Gasteiger partial charge in [-0.05, 0) is 42.9 Å². The highest BCUT2D eigenvalue weighted by molar-refractivity contribution is 14.0. The first-order chi connectivity index (χ1) is 13.0. The molecule has 5 nitrogen and oxygen atoms in total. The number of guanidine groups is 1. The highest BCUT2D eigenvalue weighted by Gasteiger charge is 2.06. The van der Waals surface area contributed by atoms with Crippen LogP contribution in [0.15, 0.2) is 58.4 Å². The summed E-state index contributed by atoms with van der Waals surface area (Å²) >= 11 is 0. The Morgan fingerprint density at radius 1 is 1.04 bits per heavy atom. The fourth-order valence-corrected chi connectivity index (χ4v) is 2.82. The van der Waals surface area contributed by atoms with Gasteiger partial charge in [-0.15, -0.1) is 24.0 Å². The molecule has 0 aliphatic heterocycles. The Labute approximate surface area is 185 Å². The molecule has 0 aliphatic carbocycles. The molecule has 2 N–H and O–H groups in total. The van der Waals surface area contributed by atoms with E-state index in [-0.39, 0.29) is 29.5 Å². The van der Waals surface area contributed by atoms with Gasteiger partial charge < -0.3 is 15.2 Å². The van der Waals surface area contributed by atoms with Crippen molar-refractivity contribution in [3.05, 3.63) is 70.1 Å². The quantitative estimate of drug-likeness (QED) is 0.330. The summed E-state index contributed by atoms with van der Waals surface area (Å²) in [6.07, 6.45) is 4.15. The predicted octanol–water partition coefficient (Wildman–Crippen LogP) is 4.00. The highest BCUT2D eigenvalue weighted by atomic mass is 127. The lowest BCUT2D eigenvalue weighted by molar-refractivity contribution is 0.489. The second-order valence-corrected chi connectivity index (χ2v) is 7.43. The van der Waals surface area contributed by atoms with Crippen LogP contribution in [0.4, 0.5) is 0 Å². The Hall–Kier alpha value is -1.83. The Balaban J connectivity index is 0.00000392. The SMILES string of the molecule is CN=C(NCc1ccc(Cn2ccccc2=O)cc1)NC(C)CCC(C)C.I. The third kappa shape index (κ3) is 8.46. The summed E-state index contributed by atoms with van der Waals surface area (Å²) in [5.74, 6) is 1.54. The van der Waals surface area contributed by atoms with Crippen LogP contribution in [0.3, 0.4) is 0 Å². The smallest absolute Gasteiger partial charge is 0.250 e. The first kappa shape index (κ1) is 24.2. The lowest BCUT2D eigenvalue weighted by Gasteiger charge is -2.18. The molecule has 1 aromatic carbocycles. The number of hydrogen-bond acceptors (Lipinski definition) is 2. The third-order valence-corrected chi connectivity index (χ3v) is 4.52. The van der Waals surface area contributed by atoms with Crippen LogP contribution in [-0.2, 0) is 13.1 Å². The standard InChI is InChI=1S/C22H32N4O.HI/c1-17(2)8-9-18(3)25-22(23-4)24-15-19-10-12-20(13-11-19)16-26-14-6-5-7-21(26)27;/h5-7,10-14,17-18H,8-9,15-16H2,1-4H3,(H2,23,24,25);1H. The molecule has 0 amide bonds. The van der Waals surface area contributed by atoms with Gasteiger partial charge in [-0.2, -0.15) is 0 Å². The number of rotatable bonds is 8. The van der Waals surface area contributed by atoms with Gasteiger partial charge in [-0.25, -0.2) is 0 Å². The van der Waals surface area contributed by atoms with Crippen LogP contribution in [-0.4, -0.2) is 23.6 Å². The first-order valence-electron chi connectivity index (χ1n) is 9.68. The van der Waals surface area contributed by atoms with Gasteiger partial charge in [0.15, 0.2) is 5.96 Å². The van der Waals surface area contributed by atoms with E-state index in [1.165, 1.54) is 12.0 Å². The Bertz CT molecular complexity index is 784. The molecule has 0 fully saturated rings. The van der Waals surface area contributed by atoms with E-state index in [0.29, 0.717) is 19.1 Å². The van der Waals surface area contributed by atoms with Crippen molar-refractivity contribution in [2.75, 3.05) is 7.05 Å². The molecule has 0 bridgehead atoms. The molecule has 0 saturated heterocycles. The molecule has 6 heteroatoms. The molecule has 0 saturated carbocycles. The van der Waals surface area contributed by atoms with Gasteiger partial charge in [0.2, 0.25) is 0 Å². The van der Waals surface area contributed by atoms with Crippen molar-refractivity contribution in [2.24, 2.45) is 10.9 Å². The van der Waals surface area contributed by atoms with Crippen LogP contribution in [0.25, 0.3) is 0 Å². The van der Waals surface area contributed by atoms with E-state index in [2.05, 4.69) is 60.7 Å². The second kappa shape index (κ2) is 12.6. The normalized spacial score (nSPS) is 12.4. The molecule has 1 aromatic heterocycles. The molecule has 2 aromatic rings. The first-order valence-corrected chi connectivity index (χ1v) is 9.68. The van der Waals surface area contributed by atoms with Crippen molar-refractivity contribution in [1.82, 2.24) is 15.2 Å². The number of hydrogen-bond donors (Lipinski definition) is 2. The summed E-state index contributed by atoms with van der Waals surface area (Å²) in [6.45, 7) is 7.98. The van der Waals surface area contributed by atoms with E-state index in [0.717, 1.165) is 23.9 Å². The number of nitrogens with zero attached hydrogens (tertiary/aromatic N) is 2. The zero-order valence-electron chi connectivity index (χ0n) is 17.3. The topological polar surface area (TPSA) is 58.4 Å². The lowest BCUT2D eigenvalue weighted by atomic mass is 10.0. The lowest BCUT2D eigenvalue weighted by Crippen LogP contribution is -2.41. The van der Waals surface area contributed by atoms with Crippen LogP contribution in [0.2, 0.25) is 0 Å². The van der Waals surface area contributed by atoms with Gasteiger partial charge in [0.25, 0.3) is 5.56 Å². The molecule has 1 unspecified atom stereocenters. The van der Waals surface area contributed by atoms with E-state index in [1.54, 1.807) is 23.7 Å². The van der Waals surface area contributed by atoms with E-state index >= 15 is 0 Å². The molecule has 0 radical (unpaired) electrons. The molecule has 28 heavy (non-hydrogen) atoms. The van der Waals surface area contributed by atoms with Crippen molar-refractivity contribution in [3.63, 3.8) is 0 Å². The molecule has 0 spiro atoms. The van der Waals surface area contributed by atoms with Crippen molar-refractivity contribution in [3.8, 4) is 0 Å². The maximum Gasteiger partial charge on any atom is 0.250 e. The predicted molar refractivity (Wildman–Crippen MR) is 129 cm³/mol. The van der Waals surface area contributed by atoms with Crippen LogP contribution >= 0.6 is 24.0 Å². The zero-order valence-corrected chi connectivity index (χ0v) is 19.6. The van der Waals surface area contributed by atoms with E-state index in [9.17, 15) is 4.79 Å². The van der Waals surface area contributed by atoms with Gasteiger partial charge in [0, 0.05) is 31.9 Å². The summed E-state index contributed by atoms with van der Waals surface area (Å²) < 4.78 is 1.71. The maximum atomic E-state index is 11.8. The molecule has 0 aliphatic rings. The fraction of sp³-hybridized carbons (Fsp3) is 0.455. The van der Waals surface area contributed by atoms with Crippen molar-refractivity contribution < 1.29 is 0 Å². The van der Waals surface area contributed by atoms with Gasteiger partial charge in [-0.1, -0.05) is 44.2 Å². The number of pyridine rings is 1. The van der Waals surface area contributed by atoms with Crippen LogP contribution < -0.4 is 16.2 Å². The van der Waals surface area contributed by atoms with Crippen molar-refractivity contribution in [1.29, 1.82) is 0 Å². The zero-order chi connectivity index (χ0) is 19.6. The number of benzene rings is 1. The Kier molecular flexibility index (Phi) is 10.9. The van der Waals surface area contributed by atoms with E-state index in [1.807, 2.05) is 12.3 Å². The second-order valence-electron chi connectivity index (χ2n) is 7.43. The van der Waals surface area contributed by atoms with Crippen molar-refractivity contribution in [2.45, 2.75) is 52.7 Å². The summed E-state index contributed by atoms with van der Waals surface area (Å²) in [6, 6.07) is 13.9. The van der Waals surface area contributed by atoms with Crippen LogP contribution in [0, 0.1) is 5.92 Å². The molecule has 1 heterocycles. The average molecular weight is 496 g/mol. The molecule has 1 atom stereocenters. The molecule has 2 rings (SSSR count). The minimum Gasteiger partial charge on any atom is -0.354 e. The molecular formula is C22H33IN4O. The average Bonchev–Trinajstić information content (AvgIpc) is 2.66. The van der Waals surface area contributed by atoms with Crippen LogP contribution in [0.5, 0.6) is 0 Å². The van der Waals surface area contributed by atoms with Gasteiger partial charge >= 0.3 is 0 Å². The van der Waals surface area contributed by atoms with Gasteiger partial charge in [-0.3, -0.25) is 9.79 Å². The fourth-order valence-electron chi connectivity index (χ4n) is 2.82. The minimum atomic E-state index is 0. The monoisotopic (exact) mass is 496 g/mol. The molecular weight excluding hydrogens is 463 g/mol. The molecule has 154 valence electrons. The summed E-state index contributed by atoms with van der Waals surface area (Å²) in [5.41, 5.74) is 2.30. The number of aliphatic imine (C=N–C) groups is 1. The number of nitrogens with one attached hydrogen (secondary N) is 2. The third-order valence-electron chi connectivity index (χ3n) is 4.52.